The lowest BCUT2D eigenvalue weighted by molar-refractivity contribution is 0.149. The van der Waals surface area contributed by atoms with Crippen molar-refractivity contribution < 1.29 is 17.9 Å². The molecule has 0 unspecified atom stereocenters. The lowest BCUT2D eigenvalue weighted by Gasteiger charge is -2.29. The van der Waals surface area contributed by atoms with Gasteiger partial charge in [0.15, 0.2) is 0 Å². The van der Waals surface area contributed by atoms with E-state index in [9.17, 15) is 8.42 Å². The number of sulfonamides is 1. The predicted octanol–water partition coefficient (Wildman–Crippen LogP) is -0.337. The topological polar surface area (TPSA) is 67.9 Å². The highest BCUT2D eigenvalue weighted by molar-refractivity contribution is 7.89. The van der Waals surface area contributed by atoms with Gasteiger partial charge in [-0.05, 0) is 25.9 Å². The molecule has 1 saturated heterocycles. The molecule has 1 rings (SSSR count). The molecule has 1 aliphatic rings. The van der Waals surface area contributed by atoms with Crippen LogP contribution in [-0.2, 0) is 19.5 Å². The number of hydrogen-bond acceptors (Lipinski definition) is 5. The van der Waals surface area contributed by atoms with E-state index in [-0.39, 0.29) is 5.25 Å². The average molecular weight is 280 g/mol. The number of nitrogens with one attached hydrogen (secondary N) is 1. The van der Waals surface area contributed by atoms with E-state index < -0.39 is 10.0 Å². The fraction of sp³-hybridized carbons (Fsp3) is 1.00. The Labute approximate surface area is 110 Å². The Hall–Kier alpha value is -0.210. The molecule has 0 radical (unpaired) electrons. The summed E-state index contributed by atoms with van der Waals surface area (Å²) in [5.74, 6) is 0. The molecule has 0 aromatic carbocycles. The maximum atomic E-state index is 12.5. The predicted molar refractivity (Wildman–Crippen MR) is 70.1 cm³/mol. The molecule has 6 nitrogen and oxygen atoms in total. The van der Waals surface area contributed by atoms with Gasteiger partial charge in [-0.25, -0.2) is 8.42 Å². The summed E-state index contributed by atoms with van der Waals surface area (Å²) in [6, 6.07) is 0. The third kappa shape index (κ3) is 4.47. The van der Waals surface area contributed by atoms with Crippen molar-refractivity contribution in [2.24, 2.45) is 0 Å². The second-order valence-electron chi connectivity index (χ2n) is 4.38. The fourth-order valence-electron chi connectivity index (χ4n) is 2.06. The Morgan fingerprint density at radius 2 is 1.61 bits per heavy atom. The van der Waals surface area contributed by atoms with Crippen molar-refractivity contribution in [1.82, 2.24) is 9.62 Å². The maximum Gasteiger partial charge on any atom is 0.217 e. The lowest BCUT2D eigenvalue weighted by Crippen LogP contribution is -2.46. The second kappa shape index (κ2) is 8.06. The third-order valence-corrected chi connectivity index (χ3v) is 5.56. The van der Waals surface area contributed by atoms with Gasteiger partial charge >= 0.3 is 0 Å². The number of ether oxygens (including phenoxy) is 2. The van der Waals surface area contributed by atoms with Crippen molar-refractivity contribution in [2.45, 2.75) is 18.1 Å². The van der Waals surface area contributed by atoms with Crippen LogP contribution in [0.5, 0.6) is 0 Å². The minimum atomic E-state index is -3.24. The lowest BCUT2D eigenvalue weighted by atomic mass is 10.2. The number of methoxy groups -OCH3 is 2. The van der Waals surface area contributed by atoms with E-state index in [1.807, 2.05) is 0 Å². The van der Waals surface area contributed by atoms with Gasteiger partial charge in [-0.3, -0.25) is 0 Å². The Morgan fingerprint density at radius 3 is 2.06 bits per heavy atom. The Bertz CT molecular complexity index is 307. The zero-order valence-corrected chi connectivity index (χ0v) is 12.0. The van der Waals surface area contributed by atoms with Crippen LogP contribution in [0.4, 0.5) is 0 Å². The van der Waals surface area contributed by atoms with Crippen LogP contribution in [0.3, 0.4) is 0 Å². The quantitative estimate of drug-likeness (QED) is 0.659. The first-order valence-electron chi connectivity index (χ1n) is 6.30. The minimum Gasteiger partial charge on any atom is -0.383 e. The fourth-order valence-corrected chi connectivity index (χ4v) is 3.97. The van der Waals surface area contributed by atoms with E-state index in [1.165, 1.54) is 4.31 Å². The van der Waals surface area contributed by atoms with Crippen LogP contribution in [0.2, 0.25) is 0 Å². The van der Waals surface area contributed by atoms with Crippen molar-refractivity contribution in [3.63, 3.8) is 0 Å². The van der Waals surface area contributed by atoms with Crippen LogP contribution in [0.25, 0.3) is 0 Å². The van der Waals surface area contributed by atoms with E-state index in [2.05, 4.69) is 5.32 Å². The molecule has 0 saturated carbocycles. The molecule has 0 aromatic rings. The van der Waals surface area contributed by atoms with Crippen molar-refractivity contribution in [3.8, 4) is 0 Å². The highest BCUT2D eigenvalue weighted by atomic mass is 32.2. The van der Waals surface area contributed by atoms with Crippen LogP contribution < -0.4 is 5.32 Å². The smallest absolute Gasteiger partial charge is 0.217 e. The van der Waals surface area contributed by atoms with Crippen molar-refractivity contribution in [1.29, 1.82) is 0 Å². The van der Waals surface area contributed by atoms with Gasteiger partial charge in [-0.1, -0.05) is 0 Å². The van der Waals surface area contributed by atoms with Gasteiger partial charge < -0.3 is 14.8 Å². The van der Waals surface area contributed by atoms with Gasteiger partial charge in [0, 0.05) is 27.3 Å². The summed E-state index contributed by atoms with van der Waals surface area (Å²) in [5, 5.41) is 2.91. The SMILES string of the molecule is COCCN(CCOC)S(=O)(=O)C1CCNCC1. The molecule has 1 aliphatic heterocycles. The minimum absolute atomic E-state index is 0.271. The van der Waals surface area contributed by atoms with E-state index in [1.54, 1.807) is 14.2 Å². The van der Waals surface area contributed by atoms with Gasteiger partial charge in [-0.2, -0.15) is 4.31 Å². The summed E-state index contributed by atoms with van der Waals surface area (Å²) in [4.78, 5) is 0. The first-order chi connectivity index (χ1) is 8.62. The largest absolute Gasteiger partial charge is 0.383 e. The molecular weight excluding hydrogens is 256 g/mol. The van der Waals surface area contributed by atoms with Crippen LogP contribution in [0.1, 0.15) is 12.8 Å². The highest BCUT2D eigenvalue weighted by Gasteiger charge is 2.32. The van der Waals surface area contributed by atoms with Gasteiger partial charge in [0.1, 0.15) is 0 Å². The molecular formula is C11H24N2O4S. The van der Waals surface area contributed by atoms with Crippen LogP contribution in [-0.4, -0.2) is 71.6 Å². The summed E-state index contributed by atoms with van der Waals surface area (Å²) in [6.45, 7) is 3.15. The van der Waals surface area contributed by atoms with E-state index >= 15 is 0 Å². The Morgan fingerprint density at radius 1 is 1.11 bits per heavy atom. The Balaban J connectivity index is 2.66. The number of piperidine rings is 1. The summed E-state index contributed by atoms with van der Waals surface area (Å²) >= 11 is 0. The first kappa shape index (κ1) is 15.8. The summed E-state index contributed by atoms with van der Waals surface area (Å²) in [6.07, 6.45) is 1.36. The van der Waals surface area contributed by atoms with E-state index in [4.69, 9.17) is 9.47 Å². The second-order valence-corrected chi connectivity index (χ2v) is 6.59. The van der Waals surface area contributed by atoms with Crippen LogP contribution in [0.15, 0.2) is 0 Å². The third-order valence-electron chi connectivity index (χ3n) is 3.16. The van der Waals surface area contributed by atoms with Crippen molar-refractivity contribution >= 4 is 10.0 Å². The molecule has 0 aliphatic carbocycles. The first-order valence-corrected chi connectivity index (χ1v) is 7.80. The van der Waals surface area contributed by atoms with Gasteiger partial charge in [0.2, 0.25) is 10.0 Å². The Kier molecular flexibility index (Phi) is 7.10. The van der Waals surface area contributed by atoms with Crippen molar-refractivity contribution in [3.05, 3.63) is 0 Å². The standard InChI is InChI=1S/C11H24N2O4S/c1-16-9-7-13(8-10-17-2)18(14,15)11-3-5-12-6-4-11/h11-12H,3-10H2,1-2H3. The van der Waals surface area contributed by atoms with Gasteiger partial charge in [0.05, 0.1) is 18.5 Å². The zero-order valence-electron chi connectivity index (χ0n) is 11.2. The molecule has 0 amide bonds. The van der Waals surface area contributed by atoms with Gasteiger partial charge in [0.25, 0.3) is 0 Å². The molecule has 0 aromatic heterocycles. The molecule has 0 spiro atoms. The molecule has 108 valence electrons. The number of rotatable bonds is 8. The number of hydrogen-bond donors (Lipinski definition) is 1. The van der Waals surface area contributed by atoms with Crippen LogP contribution >= 0.6 is 0 Å². The van der Waals surface area contributed by atoms with Gasteiger partial charge in [-0.15, -0.1) is 0 Å². The summed E-state index contributed by atoms with van der Waals surface area (Å²) in [5.41, 5.74) is 0. The van der Waals surface area contributed by atoms with E-state index in [0.29, 0.717) is 39.1 Å². The summed E-state index contributed by atoms with van der Waals surface area (Å²) in [7, 11) is -0.0852. The molecule has 0 bridgehead atoms. The van der Waals surface area contributed by atoms with Crippen molar-refractivity contribution in [2.75, 3.05) is 53.6 Å². The zero-order chi connectivity index (χ0) is 13.4. The molecule has 7 heteroatoms. The normalized spacial score (nSPS) is 18.4. The average Bonchev–Trinajstić information content (AvgIpc) is 2.39. The van der Waals surface area contributed by atoms with E-state index in [0.717, 1.165) is 13.1 Å². The number of nitrogens with zero attached hydrogens (tertiary/aromatic N) is 1. The molecule has 18 heavy (non-hydrogen) atoms. The molecule has 1 fully saturated rings. The highest BCUT2D eigenvalue weighted by Crippen LogP contribution is 2.17. The molecule has 0 atom stereocenters. The maximum absolute atomic E-state index is 12.5. The molecule has 1 heterocycles. The summed E-state index contributed by atoms with van der Waals surface area (Å²) < 4.78 is 36.4. The van der Waals surface area contributed by atoms with Crippen LogP contribution in [0, 0.1) is 0 Å². The molecule has 1 N–H and O–H groups in total. The monoisotopic (exact) mass is 280 g/mol.